The average molecular weight is 280 g/mol. The summed E-state index contributed by atoms with van der Waals surface area (Å²) in [5, 5.41) is 4.52. The smallest absolute Gasteiger partial charge is 0.0590 e. The molecule has 15 heavy (non-hydrogen) atoms. The lowest BCUT2D eigenvalue weighted by Gasteiger charge is -2.07. The summed E-state index contributed by atoms with van der Waals surface area (Å²) in [5.41, 5.74) is 0. The highest BCUT2D eigenvalue weighted by atomic mass is 79.9. The monoisotopic (exact) mass is 279 g/mol. The molecule has 0 spiro atoms. The largest absolute Gasteiger partial charge is 0.380 e. The molecule has 0 saturated heterocycles. The Kier molecular flexibility index (Phi) is 12.8. The summed E-state index contributed by atoms with van der Waals surface area (Å²) in [7, 11) is 0. The summed E-state index contributed by atoms with van der Waals surface area (Å²) in [6, 6.07) is 0. The molecular weight excluding hydrogens is 254 g/mol. The van der Waals surface area contributed by atoms with E-state index in [9.17, 15) is 0 Å². The normalized spacial score (nSPS) is 11.2. The number of hydrogen-bond acceptors (Lipinski definition) is 2. The third-order valence-corrected chi connectivity index (χ3v) is 2.81. The van der Waals surface area contributed by atoms with E-state index in [1.165, 1.54) is 25.7 Å². The van der Waals surface area contributed by atoms with Crippen LogP contribution >= 0.6 is 15.9 Å². The number of hydrogen-bond donors (Lipinski definition) is 1. The highest BCUT2D eigenvalue weighted by Crippen LogP contribution is 1.98. The molecule has 2 nitrogen and oxygen atoms in total. The SMILES string of the molecule is CC(C)CCOCCNCCCCCBr. The molecule has 0 unspecified atom stereocenters. The van der Waals surface area contributed by atoms with Crippen molar-refractivity contribution in [3.8, 4) is 0 Å². The first-order chi connectivity index (χ1) is 7.27. The Bertz CT molecular complexity index is 120. The van der Waals surface area contributed by atoms with Crippen LogP contribution in [0.25, 0.3) is 0 Å². The minimum Gasteiger partial charge on any atom is -0.380 e. The van der Waals surface area contributed by atoms with Crippen LogP contribution in [-0.2, 0) is 4.74 Å². The zero-order valence-electron chi connectivity index (χ0n) is 10.2. The summed E-state index contributed by atoms with van der Waals surface area (Å²) in [5.74, 6) is 0.752. The fraction of sp³-hybridized carbons (Fsp3) is 1.00. The maximum Gasteiger partial charge on any atom is 0.0590 e. The number of ether oxygens (including phenoxy) is 1. The Morgan fingerprint density at radius 1 is 1.07 bits per heavy atom. The Balaban J connectivity index is 2.87. The molecule has 3 heteroatoms. The highest BCUT2D eigenvalue weighted by Gasteiger charge is 1.93. The standard InChI is InChI=1S/C12H26BrNO/c1-12(2)6-10-15-11-9-14-8-5-3-4-7-13/h12,14H,3-11H2,1-2H3. The lowest BCUT2D eigenvalue weighted by molar-refractivity contribution is 0.125. The predicted octanol–water partition coefficient (Wildman–Crippen LogP) is 3.20. The summed E-state index contributed by atoms with van der Waals surface area (Å²) < 4.78 is 5.50. The first kappa shape index (κ1) is 15.4. The molecule has 0 atom stereocenters. The van der Waals surface area contributed by atoms with Gasteiger partial charge in [-0.05, 0) is 31.7 Å². The fourth-order valence-corrected chi connectivity index (χ4v) is 1.61. The van der Waals surface area contributed by atoms with Gasteiger partial charge in [0.15, 0.2) is 0 Å². The van der Waals surface area contributed by atoms with Crippen molar-refractivity contribution in [1.29, 1.82) is 0 Å². The number of halogens is 1. The quantitative estimate of drug-likeness (QED) is 0.463. The van der Waals surface area contributed by atoms with Crippen molar-refractivity contribution >= 4 is 15.9 Å². The molecule has 0 radical (unpaired) electrons. The van der Waals surface area contributed by atoms with Gasteiger partial charge in [0.05, 0.1) is 6.61 Å². The minimum atomic E-state index is 0.752. The van der Waals surface area contributed by atoms with E-state index >= 15 is 0 Å². The van der Waals surface area contributed by atoms with Crippen molar-refractivity contribution < 1.29 is 4.74 Å². The average Bonchev–Trinajstić information content (AvgIpc) is 2.20. The fourth-order valence-electron chi connectivity index (χ4n) is 1.21. The molecule has 0 saturated carbocycles. The second-order valence-electron chi connectivity index (χ2n) is 4.29. The molecular formula is C12H26BrNO. The van der Waals surface area contributed by atoms with E-state index in [-0.39, 0.29) is 0 Å². The van der Waals surface area contributed by atoms with Gasteiger partial charge in [0.1, 0.15) is 0 Å². The topological polar surface area (TPSA) is 21.3 Å². The van der Waals surface area contributed by atoms with Crippen molar-refractivity contribution in [3.05, 3.63) is 0 Å². The van der Waals surface area contributed by atoms with Gasteiger partial charge in [0.2, 0.25) is 0 Å². The van der Waals surface area contributed by atoms with Crippen LogP contribution in [0, 0.1) is 5.92 Å². The van der Waals surface area contributed by atoms with Crippen molar-refractivity contribution in [1.82, 2.24) is 5.32 Å². The van der Waals surface area contributed by atoms with Crippen LogP contribution in [0.3, 0.4) is 0 Å². The molecule has 0 bridgehead atoms. The van der Waals surface area contributed by atoms with Crippen molar-refractivity contribution in [2.45, 2.75) is 39.5 Å². The van der Waals surface area contributed by atoms with Crippen LogP contribution in [0.15, 0.2) is 0 Å². The van der Waals surface area contributed by atoms with Crippen LogP contribution in [0.2, 0.25) is 0 Å². The molecule has 0 fully saturated rings. The van der Waals surface area contributed by atoms with Gasteiger partial charge in [-0.25, -0.2) is 0 Å². The molecule has 0 heterocycles. The Morgan fingerprint density at radius 3 is 2.53 bits per heavy atom. The first-order valence-electron chi connectivity index (χ1n) is 6.11. The number of nitrogens with one attached hydrogen (secondary N) is 1. The number of rotatable bonds is 11. The molecule has 0 amide bonds. The summed E-state index contributed by atoms with van der Waals surface area (Å²) in [4.78, 5) is 0. The van der Waals surface area contributed by atoms with E-state index < -0.39 is 0 Å². The Hall–Kier alpha value is 0.400. The minimum absolute atomic E-state index is 0.752. The van der Waals surface area contributed by atoms with E-state index in [1.807, 2.05) is 0 Å². The van der Waals surface area contributed by atoms with Crippen LogP contribution in [0.4, 0.5) is 0 Å². The molecule has 0 aromatic carbocycles. The maximum absolute atomic E-state index is 5.50. The van der Waals surface area contributed by atoms with E-state index in [4.69, 9.17) is 4.74 Å². The van der Waals surface area contributed by atoms with Gasteiger partial charge >= 0.3 is 0 Å². The third kappa shape index (κ3) is 14.4. The highest BCUT2D eigenvalue weighted by molar-refractivity contribution is 9.09. The molecule has 0 aliphatic rings. The summed E-state index contributed by atoms with van der Waals surface area (Å²) in [6.07, 6.45) is 5.04. The second-order valence-corrected chi connectivity index (χ2v) is 5.09. The van der Waals surface area contributed by atoms with Gasteiger partial charge in [-0.15, -0.1) is 0 Å². The molecule has 0 aliphatic carbocycles. The second kappa shape index (κ2) is 12.5. The van der Waals surface area contributed by atoms with Crippen LogP contribution in [-0.4, -0.2) is 31.6 Å². The van der Waals surface area contributed by atoms with Gasteiger partial charge in [-0.2, -0.15) is 0 Å². The van der Waals surface area contributed by atoms with Crippen molar-refractivity contribution in [3.63, 3.8) is 0 Å². The Labute approximate surface area is 103 Å². The van der Waals surface area contributed by atoms with Gasteiger partial charge in [0, 0.05) is 18.5 Å². The maximum atomic E-state index is 5.50. The van der Waals surface area contributed by atoms with Crippen LogP contribution in [0.5, 0.6) is 0 Å². The molecule has 1 N–H and O–H groups in total. The zero-order chi connectivity index (χ0) is 11.4. The lowest BCUT2D eigenvalue weighted by Crippen LogP contribution is -2.21. The van der Waals surface area contributed by atoms with Crippen LogP contribution in [0.1, 0.15) is 39.5 Å². The van der Waals surface area contributed by atoms with Crippen LogP contribution < -0.4 is 5.32 Å². The third-order valence-electron chi connectivity index (χ3n) is 2.25. The van der Waals surface area contributed by atoms with Crippen molar-refractivity contribution in [2.75, 3.05) is 31.6 Å². The van der Waals surface area contributed by atoms with E-state index in [0.717, 1.165) is 37.6 Å². The van der Waals surface area contributed by atoms with Gasteiger partial charge in [-0.1, -0.05) is 36.2 Å². The summed E-state index contributed by atoms with van der Waals surface area (Å²) >= 11 is 3.43. The Morgan fingerprint density at radius 2 is 1.87 bits per heavy atom. The van der Waals surface area contributed by atoms with Crippen molar-refractivity contribution in [2.24, 2.45) is 5.92 Å². The van der Waals surface area contributed by atoms with E-state index in [2.05, 4.69) is 35.1 Å². The van der Waals surface area contributed by atoms with E-state index in [1.54, 1.807) is 0 Å². The molecule has 0 aromatic rings. The van der Waals surface area contributed by atoms with Gasteiger partial charge in [-0.3, -0.25) is 0 Å². The summed E-state index contributed by atoms with van der Waals surface area (Å²) in [6.45, 7) is 8.33. The predicted molar refractivity (Wildman–Crippen MR) is 70.8 cm³/mol. The molecule has 0 rings (SSSR count). The van der Waals surface area contributed by atoms with E-state index in [0.29, 0.717) is 0 Å². The van der Waals surface area contributed by atoms with Gasteiger partial charge < -0.3 is 10.1 Å². The first-order valence-corrected chi connectivity index (χ1v) is 7.24. The number of unbranched alkanes of at least 4 members (excludes halogenated alkanes) is 2. The lowest BCUT2D eigenvalue weighted by atomic mass is 10.1. The molecule has 92 valence electrons. The number of alkyl halides is 1. The molecule has 0 aliphatic heterocycles. The zero-order valence-corrected chi connectivity index (χ0v) is 11.8. The van der Waals surface area contributed by atoms with Gasteiger partial charge in [0.25, 0.3) is 0 Å². The molecule has 0 aromatic heterocycles.